The predicted molar refractivity (Wildman–Crippen MR) is 14.6 cm³/mol. The number of hydrogen-bond acceptors (Lipinski definition) is 0. The quantitative estimate of drug-likeness (QED) is 0.432. The number of rotatable bonds is 0. The molecule has 3 heteroatoms. The summed E-state index contributed by atoms with van der Waals surface area (Å²) in [6.45, 7) is 0. The lowest BCUT2D eigenvalue weighted by molar-refractivity contribution is 0.685. The fourth-order valence-electron chi connectivity index (χ4n) is 0. The third kappa shape index (κ3) is 853. The molecule has 0 spiro atoms. The van der Waals surface area contributed by atoms with Gasteiger partial charge in [-0.3, -0.25) is 0 Å². The van der Waals surface area contributed by atoms with E-state index in [4.69, 9.17) is 4.39 Å². The fraction of sp³-hybridized carbons (Fsp3) is 0. The monoisotopic (exact) mass is 97.0 g/mol. The molecule has 0 bridgehead atoms. The molecule has 0 saturated heterocycles. The maximum absolute atomic E-state index is 9.81. The van der Waals surface area contributed by atoms with Crippen LogP contribution < -0.4 is 0 Å². The maximum Gasteiger partial charge on any atom is 0.288 e. The third-order valence-corrected chi connectivity index (χ3v) is 0. The van der Waals surface area contributed by atoms with Crippen LogP contribution in [0.2, 0.25) is 0 Å². The molecule has 0 N–H and O–H groups in total. The van der Waals surface area contributed by atoms with Crippen molar-refractivity contribution in [2.24, 2.45) is 0 Å². The van der Waals surface area contributed by atoms with Gasteiger partial charge in [-0.1, -0.05) is 11.6 Å². The SMILES string of the molecule is F[C]Cl.[C]F. The highest BCUT2D eigenvalue weighted by Gasteiger charge is 1.50. The van der Waals surface area contributed by atoms with Crippen LogP contribution in [-0.4, -0.2) is 0 Å². The molecule has 0 amide bonds. The van der Waals surface area contributed by atoms with E-state index in [1.54, 1.807) is 0 Å². The second-order valence-electron chi connectivity index (χ2n) is 0.0714. The maximum atomic E-state index is 9.81. The molecule has 0 atom stereocenters. The second-order valence-corrected chi connectivity index (χ2v) is 0.214. The van der Waals surface area contributed by atoms with Crippen LogP contribution >= 0.6 is 11.6 Å². The minimum atomic E-state index is 0.722. The average Bonchev–Trinajstić information content (AvgIpc) is 1.46. The molecule has 0 rings (SSSR count). The Kier molecular flexibility index (Phi) is 55.7. The Labute approximate surface area is 34.7 Å². The molecule has 5 radical (unpaired) electrons. The molecule has 0 saturated carbocycles. The van der Waals surface area contributed by atoms with Crippen molar-refractivity contribution in [3.05, 3.63) is 13.3 Å². The van der Waals surface area contributed by atoms with Crippen molar-refractivity contribution in [2.75, 3.05) is 0 Å². The Morgan fingerprint density at radius 2 is 1.60 bits per heavy atom. The van der Waals surface area contributed by atoms with Gasteiger partial charge < -0.3 is 0 Å². The van der Waals surface area contributed by atoms with Crippen molar-refractivity contribution in [1.29, 1.82) is 0 Å². The van der Waals surface area contributed by atoms with Gasteiger partial charge in [0, 0.05) is 0 Å². The van der Waals surface area contributed by atoms with E-state index in [1.165, 1.54) is 0 Å². The molecule has 0 heterocycles. The zero-order valence-electron chi connectivity index (χ0n) is 2.13. The largest absolute Gasteiger partial charge is 0.288 e. The van der Waals surface area contributed by atoms with E-state index >= 15 is 0 Å². The zero-order valence-corrected chi connectivity index (χ0v) is 2.89. The summed E-state index contributed by atoms with van der Waals surface area (Å²) >= 11 is 4.08. The van der Waals surface area contributed by atoms with Gasteiger partial charge in [-0.2, -0.15) is 0 Å². The lowest BCUT2D eigenvalue weighted by Crippen LogP contribution is -1.12. The molecular weight excluding hydrogens is 97.5 g/mol. The van der Waals surface area contributed by atoms with Gasteiger partial charge in [-0.25, -0.2) is 8.78 Å². The van der Waals surface area contributed by atoms with E-state index in [0.717, 1.165) is 6.13 Å². The Bertz CT molecular complexity index is 7.61. The van der Waals surface area contributed by atoms with Gasteiger partial charge in [0.2, 0.25) is 7.18 Å². The number of halogens is 3. The predicted octanol–water partition coefficient (Wildman–Crippen LogP) is 1.69. The molecule has 0 aromatic carbocycles. The first-order valence-electron chi connectivity index (χ1n) is 0.567. The van der Waals surface area contributed by atoms with Crippen LogP contribution in [0.4, 0.5) is 8.78 Å². The summed E-state index contributed by atoms with van der Waals surface area (Å²) in [7, 11) is 4.25. The minimum absolute atomic E-state index is 0.722. The fourth-order valence-corrected chi connectivity index (χ4v) is 0. The Balaban J connectivity index is 0. The molecule has 0 fully saturated rings. The first kappa shape index (κ1) is 8.94. The number of hydrogen-bond donors (Lipinski definition) is 0. The van der Waals surface area contributed by atoms with E-state index < -0.39 is 0 Å². The van der Waals surface area contributed by atoms with E-state index in [-0.39, 0.29) is 0 Å². The molecular formula is C2ClF2. The smallest absolute Gasteiger partial charge is 0.232 e. The molecule has 0 unspecified atom stereocenters. The van der Waals surface area contributed by atoms with Gasteiger partial charge >= 0.3 is 0 Å². The van der Waals surface area contributed by atoms with Crippen molar-refractivity contribution in [1.82, 2.24) is 0 Å². The summed E-state index contributed by atoms with van der Waals surface area (Å²) < 4.78 is 18.6. The van der Waals surface area contributed by atoms with Crippen LogP contribution in [0.5, 0.6) is 0 Å². The molecule has 0 aromatic rings. The first-order chi connectivity index (χ1) is 2.41. The molecule has 0 nitrogen and oxygen atoms in total. The second kappa shape index (κ2) is 31.1. The molecule has 0 aromatic heterocycles. The van der Waals surface area contributed by atoms with Crippen LogP contribution in [0.15, 0.2) is 0 Å². The van der Waals surface area contributed by atoms with E-state index in [2.05, 4.69) is 18.8 Å². The minimum Gasteiger partial charge on any atom is -0.232 e. The van der Waals surface area contributed by atoms with Crippen molar-refractivity contribution >= 4 is 11.6 Å². The summed E-state index contributed by atoms with van der Waals surface area (Å²) in [6.07, 6.45) is 0.722. The van der Waals surface area contributed by atoms with Gasteiger partial charge in [0.15, 0.2) is 0 Å². The summed E-state index contributed by atoms with van der Waals surface area (Å²) in [6, 6.07) is 0. The highest BCUT2D eigenvalue weighted by Crippen LogP contribution is 1.76. The van der Waals surface area contributed by atoms with Crippen LogP contribution in [0.3, 0.4) is 0 Å². The van der Waals surface area contributed by atoms with E-state index in [9.17, 15) is 4.39 Å². The van der Waals surface area contributed by atoms with Crippen molar-refractivity contribution < 1.29 is 8.78 Å². The van der Waals surface area contributed by atoms with Gasteiger partial charge in [-0.05, 0) is 0 Å². The molecule has 0 aliphatic carbocycles. The lowest BCUT2D eigenvalue weighted by atomic mass is 11.8. The highest BCUT2D eigenvalue weighted by atomic mass is 35.5. The van der Waals surface area contributed by atoms with Crippen molar-refractivity contribution in [2.45, 2.75) is 0 Å². The standard InChI is InChI=1S/CClF.CF/c2-1-3;1-2. The third-order valence-electron chi connectivity index (χ3n) is 0. The molecule has 0 aliphatic rings. The van der Waals surface area contributed by atoms with Gasteiger partial charge in [-0.15, -0.1) is 0 Å². The van der Waals surface area contributed by atoms with Crippen LogP contribution in [0.1, 0.15) is 0 Å². The topological polar surface area (TPSA) is 0 Å². The molecule has 0 aliphatic heterocycles. The lowest BCUT2D eigenvalue weighted by Gasteiger charge is -1.36. The van der Waals surface area contributed by atoms with Crippen LogP contribution in [0, 0.1) is 13.3 Å². The van der Waals surface area contributed by atoms with Gasteiger partial charge in [0.05, 0.1) is 0 Å². The Morgan fingerprint density at radius 3 is 1.60 bits per heavy atom. The normalized spacial score (nSPS) is 4.80. The van der Waals surface area contributed by atoms with Crippen molar-refractivity contribution in [3.8, 4) is 0 Å². The van der Waals surface area contributed by atoms with E-state index in [1.807, 2.05) is 0 Å². The first-order valence-corrected chi connectivity index (χ1v) is 0.945. The van der Waals surface area contributed by atoms with E-state index in [0.29, 0.717) is 0 Å². The summed E-state index contributed by atoms with van der Waals surface area (Å²) in [5, 5.41) is 0. The molecule has 5 heavy (non-hydrogen) atoms. The van der Waals surface area contributed by atoms with Gasteiger partial charge in [0.1, 0.15) is 0 Å². The zero-order chi connectivity index (χ0) is 4.71. The summed E-state index contributed by atoms with van der Waals surface area (Å²) in [5.41, 5.74) is 0. The van der Waals surface area contributed by atoms with Crippen molar-refractivity contribution in [3.63, 3.8) is 0 Å². The summed E-state index contributed by atoms with van der Waals surface area (Å²) in [4.78, 5) is 0. The Morgan fingerprint density at radius 1 is 1.60 bits per heavy atom. The van der Waals surface area contributed by atoms with Crippen LogP contribution in [0.25, 0.3) is 0 Å². The summed E-state index contributed by atoms with van der Waals surface area (Å²) in [5.74, 6) is 0. The average molecular weight is 97.5 g/mol. The molecule has 29 valence electrons. The van der Waals surface area contributed by atoms with Gasteiger partial charge in [0.25, 0.3) is 6.13 Å². The highest BCUT2D eigenvalue weighted by molar-refractivity contribution is 6.21. The Hall–Kier alpha value is 0.150. The van der Waals surface area contributed by atoms with Crippen LogP contribution in [-0.2, 0) is 0 Å².